The first kappa shape index (κ1) is 7.39. The molecule has 10 heavy (non-hydrogen) atoms. The molecule has 0 bridgehead atoms. The summed E-state index contributed by atoms with van der Waals surface area (Å²) in [6.45, 7) is 6.17. The monoisotopic (exact) mass is 138 g/mol. The summed E-state index contributed by atoms with van der Waals surface area (Å²) < 4.78 is 0. The lowest BCUT2D eigenvalue weighted by atomic mass is 9.83. The van der Waals surface area contributed by atoms with E-state index in [2.05, 4.69) is 19.9 Å². The van der Waals surface area contributed by atoms with Gasteiger partial charge >= 0.3 is 0 Å². The van der Waals surface area contributed by atoms with Gasteiger partial charge in [0.25, 0.3) is 0 Å². The third-order valence-electron chi connectivity index (χ3n) is 1.86. The third-order valence-corrected chi connectivity index (χ3v) is 1.86. The molecule has 0 unspecified atom stereocenters. The smallest absolute Gasteiger partial charge is 0.0959 e. The van der Waals surface area contributed by atoms with E-state index in [9.17, 15) is 5.11 Å². The molecule has 1 aliphatic carbocycles. The maximum atomic E-state index is 9.34. The van der Waals surface area contributed by atoms with Gasteiger partial charge in [-0.1, -0.05) is 26.0 Å². The molecule has 0 saturated heterocycles. The van der Waals surface area contributed by atoms with Gasteiger partial charge in [-0.2, -0.15) is 0 Å². The van der Waals surface area contributed by atoms with E-state index < -0.39 is 0 Å². The molecule has 0 aromatic rings. The number of allylic oxidation sites excluding steroid dienone is 4. The van der Waals surface area contributed by atoms with E-state index in [1.807, 2.05) is 13.0 Å². The van der Waals surface area contributed by atoms with Crippen molar-refractivity contribution in [2.75, 3.05) is 0 Å². The van der Waals surface area contributed by atoms with E-state index in [0.29, 0.717) is 5.76 Å². The normalized spacial score (nSPS) is 23.5. The van der Waals surface area contributed by atoms with Gasteiger partial charge in [-0.3, -0.25) is 0 Å². The van der Waals surface area contributed by atoms with Crippen LogP contribution in [0.3, 0.4) is 0 Å². The number of hydrogen-bond donors (Lipinski definition) is 1. The van der Waals surface area contributed by atoms with Crippen molar-refractivity contribution < 1.29 is 5.11 Å². The molecule has 0 aromatic heterocycles. The summed E-state index contributed by atoms with van der Waals surface area (Å²) in [6, 6.07) is 0. The second kappa shape index (κ2) is 2.15. The molecule has 1 N–H and O–H groups in total. The van der Waals surface area contributed by atoms with Crippen molar-refractivity contribution in [3.63, 3.8) is 0 Å². The first-order valence-corrected chi connectivity index (χ1v) is 3.59. The van der Waals surface area contributed by atoms with Crippen molar-refractivity contribution in [3.8, 4) is 0 Å². The first-order chi connectivity index (χ1) is 4.51. The molecular formula is C9H14O. The lowest BCUT2D eigenvalue weighted by molar-refractivity contribution is 0.318. The number of rotatable bonds is 0. The zero-order valence-electron chi connectivity index (χ0n) is 6.81. The standard InChI is InChI=1S/C9H14O/c1-7-4-5-9(2,3)6-8(7)10/h4-5,10H,6H2,1-3H3. The fourth-order valence-electron chi connectivity index (χ4n) is 1.08. The van der Waals surface area contributed by atoms with Crippen LogP contribution in [0.15, 0.2) is 23.5 Å². The topological polar surface area (TPSA) is 20.2 Å². The Balaban J connectivity index is 2.85. The predicted molar refractivity (Wildman–Crippen MR) is 42.9 cm³/mol. The van der Waals surface area contributed by atoms with Crippen LogP contribution in [0.5, 0.6) is 0 Å². The van der Waals surface area contributed by atoms with Crippen LogP contribution >= 0.6 is 0 Å². The quantitative estimate of drug-likeness (QED) is 0.545. The van der Waals surface area contributed by atoms with Gasteiger partial charge in [0.2, 0.25) is 0 Å². The Morgan fingerprint density at radius 2 is 2.10 bits per heavy atom. The lowest BCUT2D eigenvalue weighted by Gasteiger charge is -2.23. The maximum Gasteiger partial charge on any atom is 0.0959 e. The van der Waals surface area contributed by atoms with Gasteiger partial charge < -0.3 is 5.11 Å². The van der Waals surface area contributed by atoms with E-state index in [1.165, 1.54) is 0 Å². The molecule has 1 nitrogen and oxygen atoms in total. The molecule has 1 aliphatic rings. The van der Waals surface area contributed by atoms with Crippen LogP contribution in [-0.4, -0.2) is 5.11 Å². The van der Waals surface area contributed by atoms with Gasteiger partial charge in [0, 0.05) is 6.42 Å². The fourth-order valence-corrected chi connectivity index (χ4v) is 1.08. The van der Waals surface area contributed by atoms with E-state index >= 15 is 0 Å². The highest BCUT2D eigenvalue weighted by atomic mass is 16.3. The summed E-state index contributed by atoms with van der Waals surface area (Å²) in [7, 11) is 0. The largest absolute Gasteiger partial charge is 0.512 e. The zero-order valence-corrected chi connectivity index (χ0v) is 6.81. The Labute approximate surface area is 62.1 Å². The molecule has 0 aliphatic heterocycles. The SMILES string of the molecule is CC1=C(O)CC(C)(C)C=C1. The van der Waals surface area contributed by atoms with Crippen LogP contribution in [-0.2, 0) is 0 Å². The van der Waals surface area contributed by atoms with Crippen molar-refractivity contribution in [3.05, 3.63) is 23.5 Å². The average molecular weight is 138 g/mol. The Kier molecular flexibility index (Phi) is 1.59. The Morgan fingerprint density at radius 1 is 1.50 bits per heavy atom. The fraction of sp³-hybridized carbons (Fsp3) is 0.556. The van der Waals surface area contributed by atoms with Crippen LogP contribution in [0.1, 0.15) is 27.2 Å². The molecule has 0 radical (unpaired) electrons. The van der Waals surface area contributed by atoms with Crippen LogP contribution in [0, 0.1) is 5.41 Å². The van der Waals surface area contributed by atoms with E-state index in [1.54, 1.807) is 0 Å². The minimum Gasteiger partial charge on any atom is -0.512 e. The second-order valence-electron chi connectivity index (χ2n) is 3.63. The molecule has 56 valence electrons. The van der Waals surface area contributed by atoms with E-state index in [0.717, 1.165) is 12.0 Å². The van der Waals surface area contributed by atoms with Crippen molar-refractivity contribution in [1.29, 1.82) is 0 Å². The molecule has 0 saturated carbocycles. The lowest BCUT2D eigenvalue weighted by Crippen LogP contribution is -2.12. The number of aliphatic hydroxyl groups excluding tert-OH is 1. The highest BCUT2D eigenvalue weighted by Gasteiger charge is 2.20. The van der Waals surface area contributed by atoms with Crippen molar-refractivity contribution in [2.24, 2.45) is 5.41 Å². The van der Waals surface area contributed by atoms with Crippen molar-refractivity contribution in [1.82, 2.24) is 0 Å². The van der Waals surface area contributed by atoms with Crippen LogP contribution in [0.25, 0.3) is 0 Å². The summed E-state index contributed by atoms with van der Waals surface area (Å²) >= 11 is 0. The van der Waals surface area contributed by atoms with Gasteiger partial charge in [-0.15, -0.1) is 0 Å². The average Bonchev–Trinajstić information content (AvgIpc) is 1.79. The Hall–Kier alpha value is -0.720. The molecule has 0 fully saturated rings. The minimum atomic E-state index is 0.142. The molecule has 0 atom stereocenters. The summed E-state index contributed by atoms with van der Waals surface area (Å²) in [5.41, 5.74) is 1.14. The first-order valence-electron chi connectivity index (χ1n) is 3.59. The van der Waals surface area contributed by atoms with Crippen LogP contribution in [0.4, 0.5) is 0 Å². The molecule has 0 heterocycles. The molecule has 0 aromatic carbocycles. The number of aliphatic hydroxyl groups is 1. The Morgan fingerprint density at radius 3 is 2.50 bits per heavy atom. The summed E-state index contributed by atoms with van der Waals surface area (Å²) in [4.78, 5) is 0. The highest BCUT2D eigenvalue weighted by molar-refractivity contribution is 5.26. The van der Waals surface area contributed by atoms with Crippen molar-refractivity contribution >= 4 is 0 Å². The van der Waals surface area contributed by atoms with Gasteiger partial charge in [0.15, 0.2) is 0 Å². The third kappa shape index (κ3) is 1.41. The van der Waals surface area contributed by atoms with Gasteiger partial charge in [-0.25, -0.2) is 0 Å². The summed E-state index contributed by atoms with van der Waals surface area (Å²) in [5, 5.41) is 9.34. The van der Waals surface area contributed by atoms with Crippen LogP contribution in [0.2, 0.25) is 0 Å². The van der Waals surface area contributed by atoms with E-state index in [-0.39, 0.29) is 5.41 Å². The van der Waals surface area contributed by atoms with Gasteiger partial charge in [0.05, 0.1) is 5.76 Å². The highest BCUT2D eigenvalue weighted by Crippen LogP contribution is 2.31. The second-order valence-corrected chi connectivity index (χ2v) is 3.63. The summed E-state index contributed by atoms with van der Waals surface area (Å²) in [6.07, 6.45) is 4.90. The van der Waals surface area contributed by atoms with Crippen molar-refractivity contribution in [2.45, 2.75) is 27.2 Å². The molecule has 1 rings (SSSR count). The number of hydrogen-bond acceptors (Lipinski definition) is 1. The molecular weight excluding hydrogens is 124 g/mol. The Bertz CT molecular complexity index is 197. The van der Waals surface area contributed by atoms with Gasteiger partial charge in [0.1, 0.15) is 0 Å². The van der Waals surface area contributed by atoms with Crippen LogP contribution < -0.4 is 0 Å². The molecule has 1 heteroatoms. The summed E-state index contributed by atoms with van der Waals surface area (Å²) in [5.74, 6) is 0.535. The molecule has 0 amide bonds. The molecule has 0 spiro atoms. The zero-order chi connectivity index (χ0) is 7.78. The predicted octanol–water partition coefficient (Wildman–Crippen LogP) is 2.80. The van der Waals surface area contributed by atoms with E-state index in [4.69, 9.17) is 0 Å². The minimum absolute atomic E-state index is 0.142. The maximum absolute atomic E-state index is 9.34. The van der Waals surface area contributed by atoms with Gasteiger partial charge in [-0.05, 0) is 17.9 Å².